The van der Waals surface area contributed by atoms with E-state index in [2.05, 4.69) is 17.2 Å². The van der Waals surface area contributed by atoms with Gasteiger partial charge >= 0.3 is 6.03 Å². The number of nitrogens with one attached hydrogen (secondary N) is 1. The Morgan fingerprint density at radius 1 is 1.29 bits per heavy atom. The van der Waals surface area contributed by atoms with E-state index in [0.29, 0.717) is 18.8 Å². The van der Waals surface area contributed by atoms with Gasteiger partial charge in [0, 0.05) is 12.2 Å². The summed E-state index contributed by atoms with van der Waals surface area (Å²) in [5, 5.41) is 2.89. The molecule has 7 heteroatoms. The van der Waals surface area contributed by atoms with E-state index >= 15 is 0 Å². The Labute approximate surface area is 165 Å². The average Bonchev–Trinajstić information content (AvgIpc) is 3.49. The minimum Gasteiger partial charge on any atom is -0.330 e. The Hall–Kier alpha value is -2.44. The lowest BCUT2D eigenvalue weighted by molar-refractivity contribution is -0.141. The number of aromatic nitrogens is 1. The molecule has 2 aliphatic carbocycles. The van der Waals surface area contributed by atoms with Crippen molar-refractivity contribution in [2.24, 2.45) is 5.92 Å². The van der Waals surface area contributed by atoms with Crippen molar-refractivity contribution < 1.29 is 14.4 Å². The number of urea groups is 1. The standard InChI is InChI=1S/C21H28N4O3/c1-14-8-10-21(11-9-14)19(27)24(20(28)23-21)13-18(26)25(16-6-7-16)15(2)17-5-3-4-12-22-17/h3-5,12,14-16H,6-11,13H2,1-2H3,(H,23,28). The zero-order valence-electron chi connectivity index (χ0n) is 16.6. The van der Waals surface area contributed by atoms with E-state index in [1.165, 1.54) is 0 Å². The molecule has 1 aliphatic heterocycles. The van der Waals surface area contributed by atoms with E-state index in [-0.39, 0.29) is 30.4 Å². The molecule has 4 rings (SSSR count). The summed E-state index contributed by atoms with van der Waals surface area (Å²) >= 11 is 0. The topological polar surface area (TPSA) is 82.6 Å². The van der Waals surface area contributed by atoms with Gasteiger partial charge in [0.1, 0.15) is 12.1 Å². The van der Waals surface area contributed by atoms with Crippen molar-refractivity contribution in [3.8, 4) is 0 Å². The molecule has 2 saturated carbocycles. The lowest BCUT2D eigenvalue weighted by atomic mass is 9.77. The number of hydrogen-bond donors (Lipinski definition) is 1. The molecule has 3 aliphatic rings. The molecule has 0 bridgehead atoms. The van der Waals surface area contributed by atoms with Crippen LogP contribution in [0.15, 0.2) is 24.4 Å². The van der Waals surface area contributed by atoms with E-state index in [4.69, 9.17) is 0 Å². The first-order valence-corrected chi connectivity index (χ1v) is 10.3. The van der Waals surface area contributed by atoms with Crippen LogP contribution in [0.2, 0.25) is 0 Å². The molecular weight excluding hydrogens is 356 g/mol. The van der Waals surface area contributed by atoms with Gasteiger partial charge < -0.3 is 10.2 Å². The summed E-state index contributed by atoms with van der Waals surface area (Å²) in [5.41, 5.74) is 0.0126. The van der Waals surface area contributed by atoms with Gasteiger partial charge in [-0.1, -0.05) is 13.0 Å². The van der Waals surface area contributed by atoms with Gasteiger partial charge in [-0.25, -0.2) is 4.79 Å². The van der Waals surface area contributed by atoms with Crippen molar-refractivity contribution in [3.63, 3.8) is 0 Å². The predicted molar refractivity (Wildman–Crippen MR) is 103 cm³/mol. The van der Waals surface area contributed by atoms with E-state index < -0.39 is 11.6 Å². The fraction of sp³-hybridized carbons (Fsp3) is 0.619. The van der Waals surface area contributed by atoms with Crippen LogP contribution in [-0.4, -0.2) is 50.8 Å². The molecule has 3 fully saturated rings. The lowest BCUT2D eigenvalue weighted by Gasteiger charge is -2.34. The zero-order valence-corrected chi connectivity index (χ0v) is 16.6. The van der Waals surface area contributed by atoms with Crippen molar-refractivity contribution in [2.75, 3.05) is 6.54 Å². The third-order valence-electron chi connectivity index (χ3n) is 6.43. The molecule has 7 nitrogen and oxygen atoms in total. The molecule has 2 heterocycles. The highest BCUT2D eigenvalue weighted by Gasteiger charge is 2.53. The van der Waals surface area contributed by atoms with Gasteiger partial charge in [0.05, 0.1) is 11.7 Å². The largest absolute Gasteiger partial charge is 0.330 e. The first-order chi connectivity index (χ1) is 13.4. The highest BCUT2D eigenvalue weighted by molar-refractivity contribution is 6.09. The number of imide groups is 1. The molecule has 0 aromatic carbocycles. The third kappa shape index (κ3) is 3.38. The molecule has 1 N–H and O–H groups in total. The van der Waals surface area contributed by atoms with Crippen LogP contribution in [0.25, 0.3) is 0 Å². The summed E-state index contributed by atoms with van der Waals surface area (Å²) in [6, 6.07) is 5.19. The Kier molecular flexibility index (Phi) is 4.85. The van der Waals surface area contributed by atoms with Gasteiger partial charge in [-0.3, -0.25) is 19.5 Å². The second kappa shape index (κ2) is 7.18. The Balaban J connectivity index is 1.49. The Bertz CT molecular complexity index is 769. The van der Waals surface area contributed by atoms with E-state index in [0.717, 1.165) is 36.3 Å². The van der Waals surface area contributed by atoms with E-state index in [9.17, 15) is 14.4 Å². The summed E-state index contributed by atoms with van der Waals surface area (Å²) in [5.74, 6) is 0.139. The van der Waals surface area contributed by atoms with Gasteiger partial charge in [0.15, 0.2) is 0 Å². The smallest absolute Gasteiger partial charge is 0.325 e. The van der Waals surface area contributed by atoms with Gasteiger partial charge in [0.2, 0.25) is 5.91 Å². The third-order valence-corrected chi connectivity index (χ3v) is 6.43. The number of carbonyl (C=O) groups excluding carboxylic acids is 3. The SMILES string of the molecule is CC1CCC2(CC1)NC(=O)N(CC(=O)N(C1CC1)C(C)c1ccccn1)C2=O. The molecule has 1 aromatic rings. The van der Waals surface area contributed by atoms with Crippen molar-refractivity contribution in [3.05, 3.63) is 30.1 Å². The lowest BCUT2D eigenvalue weighted by Crippen LogP contribution is -2.50. The van der Waals surface area contributed by atoms with Gasteiger partial charge in [-0.05, 0) is 63.5 Å². The van der Waals surface area contributed by atoms with Crippen molar-refractivity contribution in [2.45, 2.75) is 70.0 Å². The minimum absolute atomic E-state index is 0.162. The zero-order chi connectivity index (χ0) is 19.9. The molecule has 28 heavy (non-hydrogen) atoms. The molecule has 1 aromatic heterocycles. The summed E-state index contributed by atoms with van der Waals surface area (Å²) < 4.78 is 0. The number of rotatable bonds is 5. The van der Waals surface area contributed by atoms with Crippen LogP contribution in [0.1, 0.15) is 64.1 Å². The summed E-state index contributed by atoms with van der Waals surface area (Å²) in [6.07, 6.45) is 6.75. The molecule has 1 saturated heterocycles. The molecule has 1 spiro atoms. The normalized spacial score (nSPS) is 28.4. The first kappa shape index (κ1) is 18.9. The van der Waals surface area contributed by atoms with Crippen LogP contribution in [-0.2, 0) is 9.59 Å². The Morgan fingerprint density at radius 3 is 2.61 bits per heavy atom. The molecular formula is C21H28N4O3. The highest BCUT2D eigenvalue weighted by Crippen LogP contribution is 2.37. The summed E-state index contributed by atoms with van der Waals surface area (Å²) in [4.78, 5) is 46.0. The number of amides is 4. The molecule has 150 valence electrons. The number of nitrogens with zero attached hydrogens (tertiary/aromatic N) is 3. The van der Waals surface area contributed by atoms with Gasteiger partial charge in [-0.2, -0.15) is 0 Å². The molecule has 1 atom stereocenters. The number of hydrogen-bond acceptors (Lipinski definition) is 4. The number of carbonyl (C=O) groups is 3. The van der Waals surface area contributed by atoms with Crippen LogP contribution in [0.3, 0.4) is 0 Å². The van der Waals surface area contributed by atoms with Crippen molar-refractivity contribution in [1.29, 1.82) is 0 Å². The maximum absolute atomic E-state index is 13.1. The van der Waals surface area contributed by atoms with Gasteiger partial charge in [-0.15, -0.1) is 0 Å². The van der Waals surface area contributed by atoms with E-state index in [1.807, 2.05) is 25.1 Å². The maximum Gasteiger partial charge on any atom is 0.325 e. The predicted octanol–water partition coefficient (Wildman–Crippen LogP) is 2.63. The van der Waals surface area contributed by atoms with Crippen LogP contribution in [0.5, 0.6) is 0 Å². The van der Waals surface area contributed by atoms with Crippen LogP contribution >= 0.6 is 0 Å². The number of pyridine rings is 1. The first-order valence-electron chi connectivity index (χ1n) is 10.3. The van der Waals surface area contributed by atoms with Crippen LogP contribution < -0.4 is 5.32 Å². The fourth-order valence-electron chi connectivity index (χ4n) is 4.48. The second-order valence-electron chi connectivity index (χ2n) is 8.55. The fourth-order valence-corrected chi connectivity index (χ4v) is 4.48. The molecule has 0 radical (unpaired) electrons. The highest BCUT2D eigenvalue weighted by atomic mass is 16.2. The second-order valence-corrected chi connectivity index (χ2v) is 8.55. The van der Waals surface area contributed by atoms with Crippen molar-refractivity contribution in [1.82, 2.24) is 20.1 Å². The van der Waals surface area contributed by atoms with Crippen LogP contribution in [0.4, 0.5) is 4.79 Å². The Morgan fingerprint density at radius 2 is 2.00 bits per heavy atom. The van der Waals surface area contributed by atoms with Crippen LogP contribution in [0, 0.1) is 5.92 Å². The quantitative estimate of drug-likeness (QED) is 0.791. The average molecular weight is 384 g/mol. The van der Waals surface area contributed by atoms with Gasteiger partial charge in [0.25, 0.3) is 5.91 Å². The van der Waals surface area contributed by atoms with E-state index in [1.54, 1.807) is 11.1 Å². The summed E-state index contributed by atoms with van der Waals surface area (Å²) in [7, 11) is 0. The summed E-state index contributed by atoms with van der Waals surface area (Å²) in [6.45, 7) is 3.92. The van der Waals surface area contributed by atoms with Crippen molar-refractivity contribution >= 4 is 17.8 Å². The molecule has 4 amide bonds. The molecule has 1 unspecified atom stereocenters. The maximum atomic E-state index is 13.1. The minimum atomic E-state index is -0.805. The monoisotopic (exact) mass is 384 g/mol.